The van der Waals surface area contributed by atoms with Gasteiger partial charge in [-0.2, -0.15) is 0 Å². The highest BCUT2D eigenvalue weighted by Crippen LogP contribution is 2.14. The van der Waals surface area contributed by atoms with Gasteiger partial charge in [-0.05, 0) is 17.7 Å². The molecule has 1 saturated heterocycles. The molecule has 2 aromatic rings. The summed E-state index contributed by atoms with van der Waals surface area (Å²) in [6, 6.07) is 6.35. The Hall–Kier alpha value is -2.21. The number of halogens is 1. The average Bonchev–Trinajstić information content (AvgIpc) is 2.54. The number of hydrogen-bond donors (Lipinski definition) is 1. The molecule has 1 aromatic heterocycles. The van der Waals surface area contributed by atoms with Gasteiger partial charge in [-0.15, -0.1) is 0 Å². The lowest BCUT2D eigenvalue weighted by Gasteiger charge is -2.27. The molecule has 5 nitrogen and oxygen atoms in total. The van der Waals surface area contributed by atoms with Gasteiger partial charge < -0.3 is 15.0 Å². The highest BCUT2D eigenvalue weighted by atomic mass is 19.1. The average molecular weight is 288 g/mol. The van der Waals surface area contributed by atoms with Crippen molar-refractivity contribution in [2.45, 2.75) is 6.61 Å². The van der Waals surface area contributed by atoms with Crippen LogP contribution in [0.5, 0.6) is 5.75 Å². The molecular formula is C15H17FN4O. The topological polar surface area (TPSA) is 50.3 Å². The van der Waals surface area contributed by atoms with E-state index in [1.165, 1.54) is 12.1 Å². The summed E-state index contributed by atoms with van der Waals surface area (Å²) < 4.78 is 18.6. The lowest BCUT2D eigenvalue weighted by Crippen LogP contribution is -2.44. The molecule has 0 saturated carbocycles. The second-order valence-corrected chi connectivity index (χ2v) is 4.87. The van der Waals surface area contributed by atoms with Gasteiger partial charge in [0.25, 0.3) is 0 Å². The molecule has 3 rings (SSSR count). The summed E-state index contributed by atoms with van der Waals surface area (Å²) in [7, 11) is 0. The molecule has 1 N–H and O–H groups in total. The Kier molecular flexibility index (Phi) is 4.25. The number of rotatable bonds is 4. The van der Waals surface area contributed by atoms with Crippen LogP contribution in [0.15, 0.2) is 36.7 Å². The van der Waals surface area contributed by atoms with E-state index in [1.54, 1.807) is 18.5 Å². The largest absolute Gasteiger partial charge is 0.486 e. The number of piperazine rings is 1. The quantitative estimate of drug-likeness (QED) is 0.926. The minimum Gasteiger partial charge on any atom is -0.486 e. The van der Waals surface area contributed by atoms with Crippen molar-refractivity contribution < 1.29 is 9.13 Å². The Morgan fingerprint density at radius 2 is 1.95 bits per heavy atom. The molecule has 0 amide bonds. The molecule has 6 heteroatoms. The van der Waals surface area contributed by atoms with Crippen LogP contribution in [0, 0.1) is 5.82 Å². The molecule has 0 unspecified atom stereocenters. The van der Waals surface area contributed by atoms with E-state index in [4.69, 9.17) is 4.74 Å². The summed E-state index contributed by atoms with van der Waals surface area (Å²) in [5, 5.41) is 3.29. The second kappa shape index (κ2) is 6.49. The number of nitrogens with one attached hydrogen (secondary N) is 1. The van der Waals surface area contributed by atoms with Crippen molar-refractivity contribution in [1.29, 1.82) is 0 Å². The van der Waals surface area contributed by atoms with E-state index >= 15 is 0 Å². The highest BCUT2D eigenvalue weighted by molar-refractivity contribution is 5.32. The third-order valence-corrected chi connectivity index (χ3v) is 3.31. The van der Waals surface area contributed by atoms with E-state index in [9.17, 15) is 4.39 Å². The first-order valence-corrected chi connectivity index (χ1v) is 6.96. The summed E-state index contributed by atoms with van der Waals surface area (Å²) in [6.45, 7) is 4.00. The Balaban J connectivity index is 1.59. The van der Waals surface area contributed by atoms with Crippen LogP contribution >= 0.6 is 0 Å². The molecule has 1 aliphatic rings. The minimum absolute atomic E-state index is 0.263. The van der Waals surface area contributed by atoms with Gasteiger partial charge in [-0.3, -0.25) is 0 Å². The monoisotopic (exact) mass is 288 g/mol. The molecule has 110 valence electrons. The molecule has 0 spiro atoms. The van der Waals surface area contributed by atoms with E-state index in [-0.39, 0.29) is 5.82 Å². The predicted octanol–water partition coefficient (Wildman–Crippen LogP) is 1.60. The van der Waals surface area contributed by atoms with Crippen LogP contribution in [0.1, 0.15) is 5.56 Å². The summed E-state index contributed by atoms with van der Waals surface area (Å²) >= 11 is 0. The van der Waals surface area contributed by atoms with Crippen molar-refractivity contribution in [3.63, 3.8) is 0 Å². The van der Waals surface area contributed by atoms with Crippen LogP contribution in [0.2, 0.25) is 0 Å². The fourth-order valence-electron chi connectivity index (χ4n) is 2.21. The first kappa shape index (κ1) is 13.8. The Morgan fingerprint density at radius 1 is 1.19 bits per heavy atom. The standard InChI is InChI=1S/C15H17FN4O/c16-13-3-1-2-12(8-13)11-21-14-9-18-15(19-10-14)20-6-4-17-5-7-20/h1-3,8-10,17H,4-7,11H2. The zero-order valence-corrected chi connectivity index (χ0v) is 11.6. The summed E-state index contributed by atoms with van der Waals surface area (Å²) in [6.07, 6.45) is 3.31. The van der Waals surface area contributed by atoms with E-state index in [0.717, 1.165) is 37.7 Å². The van der Waals surface area contributed by atoms with E-state index in [1.807, 2.05) is 6.07 Å². The van der Waals surface area contributed by atoms with Gasteiger partial charge in [-0.25, -0.2) is 14.4 Å². The molecule has 0 atom stereocenters. The van der Waals surface area contributed by atoms with Gasteiger partial charge in [0.05, 0.1) is 12.4 Å². The smallest absolute Gasteiger partial charge is 0.225 e. The second-order valence-electron chi connectivity index (χ2n) is 4.87. The molecule has 0 aliphatic carbocycles. The molecule has 2 heterocycles. The van der Waals surface area contributed by atoms with Gasteiger partial charge >= 0.3 is 0 Å². The van der Waals surface area contributed by atoms with Crippen molar-refractivity contribution in [3.05, 3.63) is 48.0 Å². The van der Waals surface area contributed by atoms with Crippen molar-refractivity contribution >= 4 is 5.95 Å². The Labute approximate surface area is 122 Å². The third kappa shape index (κ3) is 3.66. The van der Waals surface area contributed by atoms with Gasteiger partial charge in [0.1, 0.15) is 12.4 Å². The molecule has 0 bridgehead atoms. The Bertz CT molecular complexity index is 584. The van der Waals surface area contributed by atoms with E-state index < -0.39 is 0 Å². The number of anilines is 1. The van der Waals surface area contributed by atoms with Crippen molar-refractivity contribution in [3.8, 4) is 5.75 Å². The van der Waals surface area contributed by atoms with Gasteiger partial charge in [0, 0.05) is 26.2 Å². The number of nitrogens with zero attached hydrogens (tertiary/aromatic N) is 3. The first-order valence-electron chi connectivity index (χ1n) is 6.96. The number of benzene rings is 1. The maximum Gasteiger partial charge on any atom is 0.225 e. The maximum atomic E-state index is 13.1. The summed E-state index contributed by atoms with van der Waals surface area (Å²) in [4.78, 5) is 10.8. The van der Waals surface area contributed by atoms with E-state index in [0.29, 0.717) is 12.4 Å². The van der Waals surface area contributed by atoms with Crippen LogP contribution in [0.4, 0.5) is 10.3 Å². The van der Waals surface area contributed by atoms with Crippen LogP contribution in [-0.2, 0) is 6.61 Å². The first-order chi connectivity index (χ1) is 10.3. The summed E-state index contributed by atoms with van der Waals surface area (Å²) in [5.41, 5.74) is 0.779. The number of ether oxygens (including phenoxy) is 1. The maximum absolute atomic E-state index is 13.1. The SMILES string of the molecule is Fc1cccc(COc2cnc(N3CCNCC3)nc2)c1. The van der Waals surface area contributed by atoms with Crippen molar-refractivity contribution in [2.75, 3.05) is 31.1 Å². The zero-order valence-electron chi connectivity index (χ0n) is 11.6. The van der Waals surface area contributed by atoms with Gasteiger partial charge in [-0.1, -0.05) is 12.1 Å². The van der Waals surface area contributed by atoms with Gasteiger partial charge in [0.2, 0.25) is 5.95 Å². The summed E-state index contributed by atoms with van der Waals surface area (Å²) in [5.74, 6) is 1.04. The third-order valence-electron chi connectivity index (χ3n) is 3.31. The predicted molar refractivity (Wildman–Crippen MR) is 77.8 cm³/mol. The normalized spacial score (nSPS) is 15.0. The number of aromatic nitrogens is 2. The van der Waals surface area contributed by atoms with Crippen LogP contribution in [-0.4, -0.2) is 36.1 Å². The molecule has 0 radical (unpaired) electrons. The molecule has 1 aliphatic heterocycles. The molecule has 1 fully saturated rings. The Morgan fingerprint density at radius 3 is 2.67 bits per heavy atom. The fraction of sp³-hybridized carbons (Fsp3) is 0.333. The highest BCUT2D eigenvalue weighted by Gasteiger charge is 2.12. The molecular weight excluding hydrogens is 271 g/mol. The molecule has 21 heavy (non-hydrogen) atoms. The zero-order chi connectivity index (χ0) is 14.5. The lowest BCUT2D eigenvalue weighted by atomic mass is 10.2. The lowest BCUT2D eigenvalue weighted by molar-refractivity contribution is 0.303. The minimum atomic E-state index is -0.263. The van der Waals surface area contributed by atoms with E-state index in [2.05, 4.69) is 20.2 Å². The van der Waals surface area contributed by atoms with Crippen molar-refractivity contribution in [2.24, 2.45) is 0 Å². The van der Waals surface area contributed by atoms with Crippen LogP contribution < -0.4 is 15.0 Å². The van der Waals surface area contributed by atoms with Crippen LogP contribution in [0.25, 0.3) is 0 Å². The van der Waals surface area contributed by atoms with Crippen molar-refractivity contribution in [1.82, 2.24) is 15.3 Å². The molecule has 1 aromatic carbocycles. The fourth-order valence-corrected chi connectivity index (χ4v) is 2.21. The van der Waals surface area contributed by atoms with Crippen LogP contribution in [0.3, 0.4) is 0 Å². The van der Waals surface area contributed by atoms with Gasteiger partial charge in [0.15, 0.2) is 5.75 Å². The number of hydrogen-bond acceptors (Lipinski definition) is 5.